The molecule has 0 radical (unpaired) electrons. The number of hydrogen-bond acceptors (Lipinski definition) is 20. The molecular weight excluding hydrogens is 2330 g/mol. The van der Waals surface area contributed by atoms with Crippen LogP contribution in [0.2, 0.25) is 0 Å². The maximum atomic E-state index is 9.35. The molecule has 60 heavy (non-hydrogen) atoms. The Kier molecular flexibility index (Phi) is 73.2. The standard InChI is InChI=1S/2C10H21O6.2C7H14O4.6Rf/c2*1-14-5-9(12)7-16-8-10(13)6-15-4-2-3-11;2*1-10-5-7(3-8,4-9)6-11-2;;;;;;/h2*9-13H,1-8H2;2*8-9H,1-6H2;;;;;;/q2*-1;2*-2;;;;;;. The number of ether oxygens (including phenoxy) is 10. The fourth-order valence-corrected chi connectivity index (χ4v) is 3.33. The molecule has 0 saturated heterocycles. The third kappa shape index (κ3) is 49.2. The van der Waals surface area contributed by atoms with Gasteiger partial charge >= 0.3 is 0 Å². The van der Waals surface area contributed by atoms with Crippen molar-refractivity contribution in [2.45, 2.75) is 37.3 Å². The van der Waals surface area contributed by atoms with Crippen LogP contribution < -0.4 is 0 Å². The molecule has 0 spiro atoms. The van der Waals surface area contributed by atoms with Gasteiger partial charge in [0, 0.05) is 66.1 Å². The van der Waals surface area contributed by atoms with E-state index in [4.69, 9.17) is 49.6 Å². The van der Waals surface area contributed by atoms with Crippen molar-refractivity contribution in [3.8, 4) is 0 Å². The van der Waals surface area contributed by atoms with E-state index in [9.17, 15) is 20.4 Å². The van der Waals surface area contributed by atoms with E-state index in [-0.39, 0.29) is 119 Å². The van der Waals surface area contributed by atoms with E-state index in [2.05, 4.69) is 71.1 Å². The summed E-state index contributed by atoms with van der Waals surface area (Å²) in [6.07, 6.45) is -1.83. The molecule has 0 amide bonds. The number of hydrogen-bond donors (Lipinski definition) is 10. The first-order valence-corrected chi connectivity index (χ1v) is 16.8. The molecule has 344 valence electrons. The monoisotopic (exact) mass is 2400 g/mol. The molecule has 20 nitrogen and oxygen atoms in total. The SMILES string of the molecule is [CH2-]OCC(CO)(CO)CO[CH2-].[CH2-]OCC(CO)(CO)CO[CH2-].[CH2-]OCC(O)COCC(O)COCCCO.[CH2-]OCC(O)COCC(O)COCCCO.[Rf].[Rf].[Rf].[Rf].[Rf].[Rf]. The normalized spacial score (nSPS) is 12.4. The summed E-state index contributed by atoms with van der Waals surface area (Å²) in [7, 11) is 18.8. The third-order valence-electron chi connectivity index (χ3n) is 6.35. The molecule has 10 N–H and O–H groups in total. The van der Waals surface area contributed by atoms with Crippen molar-refractivity contribution in [3.05, 3.63) is 42.7 Å². The zero-order valence-electron chi connectivity index (χ0n) is 35.9. The summed E-state index contributed by atoms with van der Waals surface area (Å²) in [4.78, 5) is 0. The Bertz CT molecular complexity index is 646. The summed E-state index contributed by atoms with van der Waals surface area (Å²) in [5, 5.41) is 89.5. The van der Waals surface area contributed by atoms with E-state index in [1.807, 2.05) is 0 Å². The number of aliphatic hydroxyl groups is 10. The molecule has 4 unspecified atom stereocenters. The second-order valence-electron chi connectivity index (χ2n) is 11.8. The quantitative estimate of drug-likeness (QED) is 0.0227. The van der Waals surface area contributed by atoms with Gasteiger partial charge in [-0.05, 0) is 12.8 Å². The van der Waals surface area contributed by atoms with Gasteiger partial charge in [-0.3, -0.25) is 0 Å². The minimum atomic E-state index is -0.774. The van der Waals surface area contributed by atoms with E-state index in [1.165, 1.54) is 0 Å². The molecule has 0 aliphatic heterocycles. The molecule has 0 aliphatic carbocycles. The maximum Gasteiger partial charge on any atom is 0.101 e. The summed E-state index contributed by atoms with van der Waals surface area (Å²) in [5.74, 6) is 0. The van der Waals surface area contributed by atoms with Crippen LogP contribution in [0.1, 0.15) is 12.8 Å². The van der Waals surface area contributed by atoms with E-state index >= 15 is 0 Å². The van der Waals surface area contributed by atoms with Crippen LogP contribution in [0.15, 0.2) is 0 Å². The Balaban J connectivity index is -0.0000000681. The fourth-order valence-electron chi connectivity index (χ4n) is 3.33. The van der Waals surface area contributed by atoms with Gasteiger partial charge in [-0.1, -0.05) is 0 Å². The topological polar surface area (TPSA) is 295 Å². The summed E-state index contributed by atoms with van der Waals surface area (Å²) in [6, 6.07) is 0. The average molecular weight is 2400 g/mol. The summed E-state index contributed by atoms with van der Waals surface area (Å²) >= 11 is 0. The van der Waals surface area contributed by atoms with E-state index in [1.54, 1.807) is 0 Å². The van der Waals surface area contributed by atoms with Crippen LogP contribution in [0.25, 0.3) is 0 Å². The molecule has 0 aromatic carbocycles. The number of aliphatic hydroxyl groups excluding tert-OH is 10. The summed E-state index contributed by atoms with van der Waals surface area (Å²) in [5.41, 5.74) is -1.55. The van der Waals surface area contributed by atoms with Crippen molar-refractivity contribution in [3.63, 3.8) is 0 Å². The van der Waals surface area contributed by atoms with Gasteiger partial charge in [0.15, 0.2) is 0 Å². The van der Waals surface area contributed by atoms with Crippen molar-refractivity contribution < 1.29 is 98.4 Å². The van der Waals surface area contributed by atoms with Crippen LogP contribution in [0, 0.1) is 53.5 Å². The van der Waals surface area contributed by atoms with Gasteiger partial charge in [0.05, 0.1) is 89.1 Å². The zero-order chi connectivity index (χ0) is 41.9. The second-order valence-corrected chi connectivity index (χ2v) is 11.8. The molecule has 0 rings (SSSR count). The minimum absolute atomic E-state index is 0. The summed E-state index contributed by atoms with van der Waals surface area (Å²) in [6.45, 7) is 1.57. The first-order valence-electron chi connectivity index (χ1n) is 16.8. The van der Waals surface area contributed by atoms with Crippen LogP contribution in [0.5, 0.6) is 0 Å². The van der Waals surface area contributed by atoms with Crippen LogP contribution >= 0.6 is 0 Å². The van der Waals surface area contributed by atoms with Gasteiger partial charge in [-0.25, -0.2) is 42.7 Å². The fraction of sp³-hybridized carbons (Fsp3) is 0.824. The van der Waals surface area contributed by atoms with Crippen molar-refractivity contribution >= 4 is 0 Å². The molecule has 0 bridgehead atoms. The van der Waals surface area contributed by atoms with Crippen LogP contribution in [0.3, 0.4) is 0 Å². The largest absolute Gasteiger partial charge is 0.554 e. The van der Waals surface area contributed by atoms with Crippen LogP contribution in [-0.2, 0) is 47.4 Å². The Labute approximate surface area is 321 Å². The Hall–Kier alpha value is -6.80. The molecule has 4 atom stereocenters. The third-order valence-corrected chi connectivity index (χ3v) is 6.35. The molecule has 0 aliphatic rings. The van der Waals surface area contributed by atoms with Gasteiger partial charge in [-0.15, -0.1) is 0 Å². The Morgan fingerprint density at radius 1 is 0.333 bits per heavy atom. The molecule has 0 aromatic rings. The smallest absolute Gasteiger partial charge is 0.101 e. The van der Waals surface area contributed by atoms with E-state index < -0.39 is 35.2 Å². The van der Waals surface area contributed by atoms with Crippen molar-refractivity contribution in [1.29, 1.82) is 0 Å². The van der Waals surface area contributed by atoms with Gasteiger partial charge < -0.3 is 98.4 Å². The number of rotatable bonds is 34. The van der Waals surface area contributed by atoms with Crippen molar-refractivity contribution in [1.82, 2.24) is 0 Å². The maximum absolute atomic E-state index is 9.35. The van der Waals surface area contributed by atoms with E-state index in [0.717, 1.165) is 0 Å². The predicted octanol–water partition coefficient (Wildman–Crippen LogP) is -2.99. The van der Waals surface area contributed by atoms with Gasteiger partial charge in [0.25, 0.3) is 0 Å². The molecular formula is C34H70O20Rf6-6. The molecule has 0 aromatic heterocycles. The van der Waals surface area contributed by atoms with Gasteiger partial charge in [0.2, 0.25) is 0 Å². The predicted molar refractivity (Wildman–Crippen MR) is 192 cm³/mol. The van der Waals surface area contributed by atoms with E-state index in [0.29, 0.717) is 26.1 Å². The summed E-state index contributed by atoms with van der Waals surface area (Å²) < 4.78 is 47.3. The van der Waals surface area contributed by atoms with Crippen LogP contribution in [0.4, 0.5) is 0 Å². The average Bonchev–Trinajstić information content (AvgIpc) is 3.16. The molecule has 0 heterocycles. The van der Waals surface area contributed by atoms with Crippen LogP contribution in [-0.4, -0.2) is 208 Å². The van der Waals surface area contributed by atoms with Crippen molar-refractivity contribution in [2.24, 2.45) is 10.8 Å². The first kappa shape index (κ1) is 77.7. The zero-order valence-corrected chi connectivity index (χ0v) is 74.3. The second kappa shape index (κ2) is 56.5. The molecule has 0 fully saturated rings. The first-order chi connectivity index (χ1) is 25.9. The van der Waals surface area contributed by atoms with Gasteiger partial charge in [-0.2, -0.15) is 0 Å². The Morgan fingerprint density at radius 2 is 0.550 bits per heavy atom. The molecule has 0 saturated carbocycles. The minimum Gasteiger partial charge on any atom is -0.554 e. The van der Waals surface area contributed by atoms with Crippen molar-refractivity contribution in [2.75, 3.05) is 132 Å². The Morgan fingerprint density at radius 3 is 0.733 bits per heavy atom. The molecule has 26 heteroatoms. The van der Waals surface area contributed by atoms with Gasteiger partial charge in [0.1, 0.15) is 12.2 Å².